The number of hydrogen-bond acceptors (Lipinski definition) is 8. The van der Waals surface area contributed by atoms with Crippen LogP contribution in [0.4, 0.5) is 0 Å². The van der Waals surface area contributed by atoms with Crippen LogP contribution in [0.15, 0.2) is 83.5 Å². The highest BCUT2D eigenvalue weighted by Gasteiger charge is 2.18. The smallest absolute Gasteiger partial charge is 0.270 e. The fraction of sp³-hybridized carbons (Fsp3) is 0.179. The van der Waals surface area contributed by atoms with Crippen molar-refractivity contribution in [2.75, 3.05) is 13.7 Å². The summed E-state index contributed by atoms with van der Waals surface area (Å²) in [4.78, 5) is 21.4. The lowest BCUT2D eigenvalue weighted by atomic mass is 10.2. The van der Waals surface area contributed by atoms with E-state index in [1.807, 2.05) is 47.0 Å². The maximum atomic E-state index is 12.6. The number of carbonyl (C=O) groups is 1. The van der Waals surface area contributed by atoms with Crippen LogP contribution < -0.4 is 10.1 Å². The third kappa shape index (κ3) is 6.09. The molecule has 10 heteroatoms. The molecule has 8 nitrogen and oxygen atoms in total. The van der Waals surface area contributed by atoms with Gasteiger partial charge in [0.15, 0.2) is 11.0 Å². The second kappa shape index (κ2) is 12.0. The SMILES string of the molecule is COc1cccc(-c2nnc(SCc3nc(C(=O)NCCc4ccccn4)cs3)n2-c2ccc(C)cc2)c1. The zero-order chi connectivity index (χ0) is 26.3. The van der Waals surface area contributed by atoms with Gasteiger partial charge in [0.25, 0.3) is 5.91 Å². The molecule has 0 aliphatic carbocycles. The summed E-state index contributed by atoms with van der Waals surface area (Å²) in [5.74, 6) is 1.86. The summed E-state index contributed by atoms with van der Waals surface area (Å²) in [5.41, 5.74) is 4.40. The van der Waals surface area contributed by atoms with E-state index >= 15 is 0 Å². The van der Waals surface area contributed by atoms with E-state index in [9.17, 15) is 4.79 Å². The molecule has 192 valence electrons. The van der Waals surface area contributed by atoms with E-state index < -0.39 is 0 Å². The lowest BCUT2D eigenvalue weighted by Crippen LogP contribution is -2.26. The number of methoxy groups -OCH3 is 1. The number of amides is 1. The Morgan fingerprint density at radius 2 is 1.95 bits per heavy atom. The van der Waals surface area contributed by atoms with E-state index in [-0.39, 0.29) is 5.91 Å². The molecule has 0 spiro atoms. The first-order valence-electron chi connectivity index (χ1n) is 12.0. The van der Waals surface area contributed by atoms with Gasteiger partial charge < -0.3 is 10.1 Å². The number of nitrogens with zero attached hydrogens (tertiary/aromatic N) is 5. The molecule has 0 aliphatic rings. The standard InChI is InChI=1S/C28H26N6O2S2/c1-19-9-11-22(12-10-19)34-26(20-6-5-8-23(16-20)36-2)32-33-28(34)38-18-25-31-24(17-37-25)27(35)30-15-13-21-7-3-4-14-29-21/h3-12,14,16-17H,13,15,18H2,1-2H3,(H,30,35). The Hall–Kier alpha value is -4.02. The predicted molar refractivity (Wildman–Crippen MR) is 150 cm³/mol. The maximum Gasteiger partial charge on any atom is 0.270 e. The Kier molecular flexibility index (Phi) is 8.10. The first kappa shape index (κ1) is 25.6. The summed E-state index contributed by atoms with van der Waals surface area (Å²) >= 11 is 2.99. The number of aryl methyl sites for hydroxylation is 1. The number of rotatable bonds is 10. The molecule has 38 heavy (non-hydrogen) atoms. The van der Waals surface area contributed by atoms with E-state index in [0.717, 1.165) is 38.7 Å². The molecule has 0 aliphatic heterocycles. The van der Waals surface area contributed by atoms with Crippen molar-refractivity contribution < 1.29 is 9.53 Å². The quantitative estimate of drug-likeness (QED) is 0.237. The van der Waals surface area contributed by atoms with Crippen molar-refractivity contribution in [2.45, 2.75) is 24.3 Å². The van der Waals surface area contributed by atoms with Crippen LogP contribution in [0.2, 0.25) is 0 Å². The van der Waals surface area contributed by atoms with Crippen molar-refractivity contribution >= 4 is 29.0 Å². The van der Waals surface area contributed by atoms with Crippen LogP contribution >= 0.6 is 23.1 Å². The Balaban J connectivity index is 1.30. The number of nitrogens with one attached hydrogen (secondary N) is 1. The fourth-order valence-corrected chi connectivity index (χ4v) is 5.53. The van der Waals surface area contributed by atoms with Gasteiger partial charge in [-0.1, -0.05) is 47.7 Å². The van der Waals surface area contributed by atoms with E-state index in [1.54, 1.807) is 18.7 Å². The van der Waals surface area contributed by atoms with Crippen LogP contribution in [0, 0.1) is 6.92 Å². The summed E-state index contributed by atoms with van der Waals surface area (Å²) in [7, 11) is 1.65. The lowest BCUT2D eigenvalue weighted by molar-refractivity contribution is 0.0949. The van der Waals surface area contributed by atoms with Gasteiger partial charge in [-0.25, -0.2) is 4.98 Å². The molecule has 5 aromatic rings. The van der Waals surface area contributed by atoms with Gasteiger partial charge in [-0.2, -0.15) is 0 Å². The van der Waals surface area contributed by atoms with Crippen molar-refractivity contribution in [1.82, 2.24) is 30.0 Å². The zero-order valence-electron chi connectivity index (χ0n) is 21.0. The summed E-state index contributed by atoms with van der Waals surface area (Å²) in [6.07, 6.45) is 2.42. The Morgan fingerprint density at radius 3 is 2.74 bits per heavy atom. The molecular formula is C28H26N6O2S2. The zero-order valence-corrected chi connectivity index (χ0v) is 22.6. The van der Waals surface area contributed by atoms with E-state index in [4.69, 9.17) is 4.74 Å². The maximum absolute atomic E-state index is 12.6. The summed E-state index contributed by atoms with van der Waals surface area (Å²) in [5, 5.41) is 15.3. The second-order valence-corrected chi connectivity index (χ2v) is 10.3. The van der Waals surface area contributed by atoms with Gasteiger partial charge in [0.05, 0.1) is 12.9 Å². The molecule has 0 unspecified atom stereocenters. The minimum atomic E-state index is -0.184. The van der Waals surface area contributed by atoms with E-state index in [0.29, 0.717) is 24.4 Å². The van der Waals surface area contributed by atoms with Crippen molar-refractivity contribution in [3.8, 4) is 22.8 Å². The lowest BCUT2D eigenvalue weighted by Gasteiger charge is -2.11. The number of aromatic nitrogens is 5. The molecular weight excluding hydrogens is 516 g/mol. The van der Waals surface area contributed by atoms with Crippen LogP contribution in [0.5, 0.6) is 5.75 Å². The largest absolute Gasteiger partial charge is 0.497 e. The molecule has 2 aromatic carbocycles. The molecule has 0 radical (unpaired) electrons. The minimum Gasteiger partial charge on any atom is -0.497 e. The average Bonchev–Trinajstić information content (AvgIpc) is 3.60. The average molecular weight is 543 g/mol. The summed E-state index contributed by atoms with van der Waals surface area (Å²) in [6, 6.07) is 21.8. The predicted octanol–water partition coefficient (Wildman–Crippen LogP) is 5.37. The minimum absolute atomic E-state index is 0.184. The molecule has 3 aromatic heterocycles. The highest BCUT2D eigenvalue weighted by atomic mass is 32.2. The molecule has 0 fully saturated rings. The van der Waals surface area contributed by atoms with Crippen LogP contribution in [0.1, 0.15) is 26.8 Å². The van der Waals surface area contributed by atoms with Gasteiger partial charge in [0.1, 0.15) is 16.5 Å². The molecule has 0 atom stereocenters. The highest BCUT2D eigenvalue weighted by Crippen LogP contribution is 2.31. The van der Waals surface area contributed by atoms with Crippen molar-refractivity contribution in [3.05, 3.63) is 100 Å². The van der Waals surface area contributed by atoms with Gasteiger partial charge in [0.2, 0.25) is 0 Å². The van der Waals surface area contributed by atoms with Gasteiger partial charge in [-0.05, 0) is 43.3 Å². The van der Waals surface area contributed by atoms with Crippen LogP contribution in [-0.2, 0) is 12.2 Å². The van der Waals surface area contributed by atoms with Crippen molar-refractivity contribution in [2.24, 2.45) is 0 Å². The molecule has 0 saturated carbocycles. The number of thiazole rings is 1. The number of hydrogen-bond donors (Lipinski definition) is 1. The molecule has 0 bridgehead atoms. The Morgan fingerprint density at radius 1 is 1.08 bits per heavy atom. The van der Waals surface area contributed by atoms with Crippen molar-refractivity contribution in [3.63, 3.8) is 0 Å². The normalized spacial score (nSPS) is 10.9. The number of carbonyl (C=O) groups excluding carboxylic acids is 1. The highest BCUT2D eigenvalue weighted by molar-refractivity contribution is 7.98. The van der Waals surface area contributed by atoms with E-state index in [2.05, 4.69) is 56.7 Å². The molecule has 1 amide bonds. The summed E-state index contributed by atoms with van der Waals surface area (Å²) < 4.78 is 7.45. The number of ether oxygens (including phenoxy) is 1. The summed E-state index contributed by atoms with van der Waals surface area (Å²) in [6.45, 7) is 2.56. The monoisotopic (exact) mass is 542 g/mol. The van der Waals surface area contributed by atoms with Crippen LogP contribution in [-0.4, -0.2) is 44.3 Å². The Bertz CT molecular complexity index is 1520. The first-order valence-corrected chi connectivity index (χ1v) is 13.9. The van der Waals surface area contributed by atoms with Gasteiger partial charge in [0, 0.05) is 41.5 Å². The van der Waals surface area contributed by atoms with E-state index in [1.165, 1.54) is 28.7 Å². The topological polar surface area (TPSA) is 94.8 Å². The van der Waals surface area contributed by atoms with Crippen LogP contribution in [0.25, 0.3) is 17.1 Å². The van der Waals surface area contributed by atoms with Crippen molar-refractivity contribution in [1.29, 1.82) is 0 Å². The molecule has 5 rings (SSSR count). The third-order valence-corrected chi connectivity index (χ3v) is 7.73. The van der Waals surface area contributed by atoms with Crippen LogP contribution in [0.3, 0.4) is 0 Å². The second-order valence-electron chi connectivity index (χ2n) is 8.45. The van der Waals surface area contributed by atoms with Gasteiger partial charge in [-0.15, -0.1) is 21.5 Å². The molecule has 3 heterocycles. The molecule has 1 N–H and O–H groups in total. The fourth-order valence-electron chi connectivity index (χ4n) is 3.79. The molecule has 0 saturated heterocycles. The first-order chi connectivity index (χ1) is 18.6. The van der Waals surface area contributed by atoms with Gasteiger partial charge in [-0.3, -0.25) is 14.3 Å². The number of benzene rings is 2. The number of pyridine rings is 1. The van der Waals surface area contributed by atoms with Gasteiger partial charge >= 0.3 is 0 Å². The number of thioether (sulfide) groups is 1. The Labute approximate surface area is 229 Å². The third-order valence-electron chi connectivity index (χ3n) is 5.76.